The van der Waals surface area contributed by atoms with Crippen LogP contribution >= 0.6 is 0 Å². The monoisotopic (exact) mass is 388 g/mol. The summed E-state index contributed by atoms with van der Waals surface area (Å²) in [4.78, 5) is 22.7. The van der Waals surface area contributed by atoms with Gasteiger partial charge in [0, 0.05) is 19.1 Å². The molecule has 1 amide bonds. The van der Waals surface area contributed by atoms with Gasteiger partial charge in [0.25, 0.3) is 5.91 Å². The van der Waals surface area contributed by atoms with Crippen LogP contribution in [0.5, 0.6) is 0 Å². The third kappa shape index (κ3) is 5.03. The van der Waals surface area contributed by atoms with Crippen molar-refractivity contribution in [3.8, 4) is 0 Å². The number of rotatable bonds is 7. The molecular weight excluding hydrogens is 364 g/mol. The highest BCUT2D eigenvalue weighted by molar-refractivity contribution is 7.91. The number of nitrogens with zero attached hydrogens (tertiary/aromatic N) is 3. The van der Waals surface area contributed by atoms with Crippen LogP contribution in [0.25, 0.3) is 0 Å². The average Bonchev–Trinajstić information content (AvgIpc) is 3.03. The maximum Gasteiger partial charge on any atom is 0.271 e. The van der Waals surface area contributed by atoms with Crippen LogP contribution in [0.4, 0.5) is 5.82 Å². The highest BCUT2D eigenvalue weighted by Crippen LogP contribution is 2.22. The summed E-state index contributed by atoms with van der Waals surface area (Å²) in [7, 11) is -2.97. The van der Waals surface area contributed by atoms with E-state index in [4.69, 9.17) is 0 Å². The third-order valence-electron chi connectivity index (χ3n) is 4.70. The van der Waals surface area contributed by atoms with Gasteiger partial charge in [0.15, 0.2) is 9.84 Å². The molecule has 1 fully saturated rings. The molecule has 144 valence electrons. The Morgan fingerprint density at radius 3 is 2.59 bits per heavy atom. The van der Waals surface area contributed by atoms with Gasteiger partial charge in [-0.2, -0.15) is 0 Å². The van der Waals surface area contributed by atoms with Gasteiger partial charge in [-0.15, -0.1) is 0 Å². The minimum Gasteiger partial charge on any atom is -0.352 e. The van der Waals surface area contributed by atoms with E-state index in [9.17, 15) is 13.2 Å². The highest BCUT2D eigenvalue weighted by atomic mass is 32.2. The van der Waals surface area contributed by atoms with Gasteiger partial charge in [-0.25, -0.2) is 18.4 Å². The second-order valence-electron chi connectivity index (χ2n) is 6.59. The molecule has 0 spiro atoms. The van der Waals surface area contributed by atoms with Crippen LogP contribution in [-0.4, -0.2) is 54.9 Å². The zero-order valence-corrected chi connectivity index (χ0v) is 16.2. The number of carbonyl (C=O) groups excluding carboxylic acids is 1. The summed E-state index contributed by atoms with van der Waals surface area (Å²) >= 11 is 0. The van der Waals surface area contributed by atoms with Crippen molar-refractivity contribution in [3.05, 3.63) is 54.0 Å². The maximum atomic E-state index is 12.2. The van der Waals surface area contributed by atoms with Crippen LogP contribution in [0.15, 0.2) is 42.7 Å². The SMILES string of the molecule is CCN(c1cnc(C(=O)NCCc2ccccc2)cn1)C1CCS(=O)(=O)C1. The number of hydrogen-bond acceptors (Lipinski definition) is 6. The first-order chi connectivity index (χ1) is 13.0. The Morgan fingerprint density at radius 1 is 1.22 bits per heavy atom. The first kappa shape index (κ1) is 19.3. The van der Waals surface area contributed by atoms with Gasteiger partial charge in [-0.05, 0) is 25.3 Å². The Balaban J connectivity index is 1.58. The number of sulfone groups is 1. The lowest BCUT2D eigenvalue weighted by Gasteiger charge is -2.27. The van der Waals surface area contributed by atoms with E-state index in [2.05, 4.69) is 15.3 Å². The summed E-state index contributed by atoms with van der Waals surface area (Å²) < 4.78 is 23.4. The van der Waals surface area contributed by atoms with Gasteiger partial charge < -0.3 is 10.2 Å². The minimum absolute atomic E-state index is 0.0835. The van der Waals surface area contributed by atoms with Crippen molar-refractivity contribution in [1.29, 1.82) is 0 Å². The smallest absolute Gasteiger partial charge is 0.271 e. The Morgan fingerprint density at radius 2 is 2.00 bits per heavy atom. The lowest BCUT2D eigenvalue weighted by atomic mass is 10.1. The van der Waals surface area contributed by atoms with E-state index < -0.39 is 9.84 Å². The minimum atomic E-state index is -2.97. The molecular formula is C19H24N4O3S. The first-order valence-electron chi connectivity index (χ1n) is 9.10. The summed E-state index contributed by atoms with van der Waals surface area (Å²) in [6.07, 6.45) is 4.33. The molecule has 1 aliphatic rings. The lowest BCUT2D eigenvalue weighted by molar-refractivity contribution is 0.0949. The van der Waals surface area contributed by atoms with Crippen molar-refractivity contribution in [3.63, 3.8) is 0 Å². The van der Waals surface area contributed by atoms with E-state index in [1.807, 2.05) is 42.2 Å². The number of anilines is 1. The van der Waals surface area contributed by atoms with Crippen LogP contribution in [0.3, 0.4) is 0 Å². The summed E-state index contributed by atoms with van der Waals surface area (Å²) in [5.41, 5.74) is 1.41. The molecule has 0 saturated carbocycles. The predicted octanol–water partition coefficient (Wildman–Crippen LogP) is 1.46. The molecule has 0 aliphatic carbocycles. The first-order valence-corrected chi connectivity index (χ1v) is 10.9. The Bertz CT molecular complexity index is 870. The molecule has 27 heavy (non-hydrogen) atoms. The fourth-order valence-electron chi connectivity index (χ4n) is 3.27. The summed E-state index contributed by atoms with van der Waals surface area (Å²) in [6, 6.07) is 9.85. The van der Waals surface area contributed by atoms with E-state index >= 15 is 0 Å². The van der Waals surface area contributed by atoms with Crippen LogP contribution in [0.1, 0.15) is 29.4 Å². The number of aromatic nitrogens is 2. The van der Waals surface area contributed by atoms with Crippen molar-refractivity contribution in [2.45, 2.75) is 25.8 Å². The molecule has 3 rings (SSSR count). The second kappa shape index (κ2) is 8.47. The zero-order chi connectivity index (χ0) is 19.3. The van der Waals surface area contributed by atoms with Gasteiger partial charge in [0.2, 0.25) is 0 Å². The van der Waals surface area contributed by atoms with E-state index in [1.54, 1.807) is 6.20 Å². The number of benzene rings is 1. The molecule has 0 bridgehead atoms. The molecule has 8 heteroatoms. The van der Waals surface area contributed by atoms with Crippen LogP contribution in [0, 0.1) is 0 Å². The standard InChI is InChI=1S/C19H24N4O3S/c1-2-23(16-9-11-27(25,26)14-16)18-13-21-17(12-22-18)19(24)20-10-8-15-6-4-3-5-7-15/h3-7,12-13,16H,2,8-11,14H2,1H3,(H,20,24). The Kier molecular flexibility index (Phi) is 6.05. The van der Waals surface area contributed by atoms with Crippen LogP contribution in [-0.2, 0) is 16.3 Å². The maximum absolute atomic E-state index is 12.2. The molecule has 0 radical (unpaired) electrons. The second-order valence-corrected chi connectivity index (χ2v) is 8.82. The largest absolute Gasteiger partial charge is 0.352 e. The average molecular weight is 388 g/mol. The molecule has 1 N–H and O–H groups in total. The van der Waals surface area contributed by atoms with Crippen molar-refractivity contribution in [2.75, 3.05) is 29.5 Å². The van der Waals surface area contributed by atoms with E-state index in [0.717, 1.165) is 12.0 Å². The molecule has 7 nitrogen and oxygen atoms in total. The Labute approximate surface area is 159 Å². The fraction of sp³-hybridized carbons (Fsp3) is 0.421. The summed E-state index contributed by atoms with van der Waals surface area (Å²) in [5, 5.41) is 2.84. The number of amides is 1. The van der Waals surface area contributed by atoms with E-state index in [0.29, 0.717) is 25.3 Å². The van der Waals surface area contributed by atoms with Crippen molar-refractivity contribution in [1.82, 2.24) is 15.3 Å². The number of carbonyl (C=O) groups is 1. The van der Waals surface area contributed by atoms with Crippen LogP contribution in [0.2, 0.25) is 0 Å². The molecule has 1 saturated heterocycles. The molecule has 1 aromatic carbocycles. The van der Waals surface area contributed by atoms with Gasteiger partial charge in [0.1, 0.15) is 11.5 Å². The van der Waals surface area contributed by atoms with Gasteiger partial charge in [0.05, 0.1) is 23.9 Å². The molecule has 2 aromatic rings. The lowest BCUT2D eigenvalue weighted by Crippen LogP contribution is -2.37. The zero-order valence-electron chi connectivity index (χ0n) is 15.3. The van der Waals surface area contributed by atoms with E-state index in [1.165, 1.54) is 6.20 Å². The fourth-order valence-corrected chi connectivity index (χ4v) is 5.00. The summed E-state index contributed by atoms with van der Waals surface area (Å²) in [5.74, 6) is 0.685. The quantitative estimate of drug-likeness (QED) is 0.772. The van der Waals surface area contributed by atoms with Crippen molar-refractivity contribution >= 4 is 21.6 Å². The Hall–Kier alpha value is -2.48. The molecule has 1 aromatic heterocycles. The van der Waals surface area contributed by atoms with Gasteiger partial charge in [-0.1, -0.05) is 30.3 Å². The predicted molar refractivity (Wildman–Crippen MR) is 105 cm³/mol. The van der Waals surface area contributed by atoms with Crippen molar-refractivity contribution < 1.29 is 13.2 Å². The van der Waals surface area contributed by atoms with Gasteiger partial charge >= 0.3 is 0 Å². The molecule has 1 aliphatic heterocycles. The molecule has 2 heterocycles. The number of hydrogen-bond donors (Lipinski definition) is 1. The summed E-state index contributed by atoms with van der Waals surface area (Å²) in [6.45, 7) is 3.11. The van der Waals surface area contributed by atoms with Crippen LogP contribution < -0.4 is 10.2 Å². The highest BCUT2D eigenvalue weighted by Gasteiger charge is 2.32. The molecule has 1 unspecified atom stereocenters. The third-order valence-corrected chi connectivity index (χ3v) is 6.45. The normalized spacial score (nSPS) is 18.2. The topological polar surface area (TPSA) is 92.3 Å². The van der Waals surface area contributed by atoms with E-state index in [-0.39, 0.29) is 29.1 Å². The molecule has 1 atom stereocenters. The van der Waals surface area contributed by atoms with Gasteiger partial charge in [-0.3, -0.25) is 4.79 Å². The number of nitrogens with one attached hydrogen (secondary N) is 1. The van der Waals surface area contributed by atoms with Crippen molar-refractivity contribution in [2.24, 2.45) is 0 Å².